The molecule has 1 aliphatic rings. The van der Waals surface area contributed by atoms with Gasteiger partial charge in [0.15, 0.2) is 0 Å². The van der Waals surface area contributed by atoms with E-state index >= 15 is 0 Å². The average Bonchev–Trinajstić information content (AvgIpc) is 2.61. The maximum Gasteiger partial charge on any atom is 0.384 e. The van der Waals surface area contributed by atoms with Crippen LogP contribution in [0.25, 0.3) is 0 Å². The van der Waals surface area contributed by atoms with E-state index in [4.69, 9.17) is 0 Å². The zero-order valence-corrected chi connectivity index (χ0v) is 19.3. The zero-order chi connectivity index (χ0) is 24.6. The predicted molar refractivity (Wildman–Crippen MR) is 103 cm³/mol. The van der Waals surface area contributed by atoms with E-state index in [1.54, 1.807) is 0 Å². The minimum absolute atomic E-state index is 0.212. The summed E-state index contributed by atoms with van der Waals surface area (Å²) in [5, 5.41) is 0. The van der Waals surface area contributed by atoms with Gasteiger partial charge in [0.2, 0.25) is 0 Å². The Morgan fingerprint density at radius 2 is 0.871 bits per heavy atom. The van der Waals surface area contributed by atoms with Gasteiger partial charge in [0.05, 0.1) is 0 Å². The lowest BCUT2D eigenvalue weighted by atomic mass is 9.68. The third-order valence-corrected chi connectivity index (χ3v) is 6.66. The molecule has 0 aromatic rings. The third kappa shape index (κ3) is 4.65. The number of halogens is 12. The van der Waals surface area contributed by atoms with Crippen molar-refractivity contribution in [1.29, 1.82) is 0 Å². The van der Waals surface area contributed by atoms with E-state index in [2.05, 4.69) is 0 Å². The molecule has 0 aromatic heterocycles. The van der Waals surface area contributed by atoms with E-state index in [1.165, 1.54) is 22.6 Å². The quantitative estimate of drug-likeness (QED) is 0.0976. The topological polar surface area (TPSA) is 0 Å². The molecule has 0 saturated heterocycles. The summed E-state index contributed by atoms with van der Waals surface area (Å²) < 4.78 is 150. The second kappa shape index (κ2) is 9.31. The van der Waals surface area contributed by atoms with Crippen molar-refractivity contribution in [3.05, 3.63) is 0 Å². The molecule has 31 heavy (non-hydrogen) atoms. The summed E-state index contributed by atoms with van der Waals surface area (Å²) in [6.45, 7) is 3.00. The number of alkyl halides is 12. The van der Waals surface area contributed by atoms with Crippen molar-refractivity contribution in [3.8, 4) is 0 Å². The van der Waals surface area contributed by atoms with Crippen LogP contribution < -0.4 is 0 Å². The van der Waals surface area contributed by atoms with E-state index < -0.39 is 45.1 Å². The Morgan fingerprint density at radius 3 is 1.26 bits per heavy atom. The van der Waals surface area contributed by atoms with Crippen molar-refractivity contribution in [3.63, 3.8) is 0 Å². The molecule has 0 bridgehead atoms. The molecule has 0 amide bonds. The highest BCUT2D eigenvalue weighted by molar-refractivity contribution is 14.1. The molecule has 1 saturated carbocycles. The highest BCUT2D eigenvalue weighted by Crippen LogP contribution is 2.71. The van der Waals surface area contributed by atoms with Gasteiger partial charge in [-0.1, -0.05) is 87.8 Å². The molecule has 0 N–H and O–H groups in total. The Hall–Kier alpha value is -0.0400. The van der Waals surface area contributed by atoms with E-state index in [0.717, 1.165) is 39.0 Å². The Kier molecular flexibility index (Phi) is 8.70. The maximum atomic E-state index is 14.9. The monoisotopic (exact) mass is 590 g/mol. The highest BCUT2D eigenvalue weighted by Gasteiger charge is 3.00. The summed E-state index contributed by atoms with van der Waals surface area (Å²) in [5.41, 5.74) is -5.88. The van der Waals surface area contributed by atoms with Gasteiger partial charge in [-0.25, -0.2) is 4.39 Å². The number of hydrogen-bond donors (Lipinski definition) is 0. The zero-order valence-electron chi connectivity index (χ0n) is 17.1. The third-order valence-electron chi connectivity index (χ3n) is 5.74. The van der Waals surface area contributed by atoms with Crippen LogP contribution >= 0.6 is 22.6 Å². The number of hydrogen-bond acceptors (Lipinski definition) is 0. The van der Waals surface area contributed by atoms with Crippen molar-refractivity contribution in [2.45, 2.75) is 117 Å². The van der Waals surface area contributed by atoms with Gasteiger partial charge in [-0.05, 0) is 6.42 Å². The second-order valence-electron chi connectivity index (χ2n) is 8.49. The van der Waals surface area contributed by atoms with Crippen LogP contribution in [-0.4, -0.2) is 38.7 Å². The molecule has 0 spiro atoms. The van der Waals surface area contributed by atoms with E-state index in [1.807, 2.05) is 6.92 Å². The Balaban J connectivity index is 3.00. The average molecular weight is 590 g/mol. The summed E-state index contributed by atoms with van der Waals surface area (Å²) in [4.78, 5) is 0. The summed E-state index contributed by atoms with van der Waals surface area (Å²) in [7, 11) is 0. The fraction of sp³-hybridized carbons (Fsp3) is 1.00. The fourth-order valence-electron chi connectivity index (χ4n) is 3.73. The molecule has 1 aliphatic carbocycles. The largest absolute Gasteiger partial charge is 0.384 e. The van der Waals surface area contributed by atoms with Crippen LogP contribution in [0.4, 0.5) is 48.3 Å². The number of rotatable bonds is 11. The lowest BCUT2D eigenvalue weighted by molar-refractivity contribution is -0.486. The fourth-order valence-corrected chi connectivity index (χ4v) is 4.64. The van der Waals surface area contributed by atoms with Crippen molar-refractivity contribution in [2.75, 3.05) is 0 Å². The van der Waals surface area contributed by atoms with Gasteiger partial charge >= 0.3 is 29.6 Å². The lowest BCUT2D eigenvalue weighted by Crippen LogP contribution is -2.84. The van der Waals surface area contributed by atoms with Gasteiger partial charge in [0.1, 0.15) is 0 Å². The van der Waals surface area contributed by atoms with Crippen LogP contribution in [0.3, 0.4) is 0 Å². The van der Waals surface area contributed by atoms with Crippen LogP contribution in [-0.2, 0) is 0 Å². The van der Waals surface area contributed by atoms with Crippen molar-refractivity contribution >= 4 is 22.6 Å². The van der Waals surface area contributed by atoms with Gasteiger partial charge in [-0.3, -0.25) is 0 Å². The Bertz CT molecular complexity index is 572. The van der Waals surface area contributed by atoms with Gasteiger partial charge in [-0.15, -0.1) is 0 Å². The number of unbranched alkanes of at least 4 members (excludes halogenated alkanes) is 7. The van der Waals surface area contributed by atoms with E-state index in [0.29, 0.717) is 12.8 Å². The van der Waals surface area contributed by atoms with E-state index in [-0.39, 0.29) is 12.8 Å². The SMILES string of the molecule is CCCCCCCCCCC(C)(I)CC1(F)C(F)(F)C(F)(F)C(F)(F)C(F)(F)C1(F)F. The molecule has 0 aromatic carbocycles. The minimum atomic E-state index is -7.15. The molecular weight excluding hydrogens is 564 g/mol. The normalized spacial score (nSPS) is 26.9. The Morgan fingerprint density at radius 1 is 0.548 bits per heavy atom. The first-order valence-electron chi connectivity index (χ1n) is 10.0. The summed E-state index contributed by atoms with van der Waals surface area (Å²) in [6.07, 6.45) is 3.93. The molecule has 12 heteroatoms. The standard InChI is InChI=1S/C19H26F11I/c1-3-4-5-6-7-8-9-10-11-13(2,31)12-14(20)15(21,22)17(25,26)19(29,30)18(27,28)16(14,23)24/h3-12H2,1-2H3. The molecule has 1 rings (SSSR count). The van der Waals surface area contributed by atoms with Gasteiger partial charge in [0.25, 0.3) is 5.67 Å². The first kappa shape index (κ1) is 29.0. The maximum absolute atomic E-state index is 14.9. The summed E-state index contributed by atoms with van der Waals surface area (Å²) in [6, 6.07) is 0. The van der Waals surface area contributed by atoms with E-state index in [9.17, 15) is 48.3 Å². The van der Waals surface area contributed by atoms with Crippen LogP contribution in [0, 0.1) is 0 Å². The lowest BCUT2D eigenvalue weighted by Gasteiger charge is -2.53. The predicted octanol–water partition coefficient (Wildman–Crippen LogP) is 9.00. The Labute approximate surface area is 187 Å². The molecule has 1 atom stereocenters. The van der Waals surface area contributed by atoms with Crippen LogP contribution in [0.1, 0.15) is 78.1 Å². The molecule has 1 fully saturated rings. The first-order valence-corrected chi connectivity index (χ1v) is 11.1. The van der Waals surface area contributed by atoms with Crippen LogP contribution in [0.5, 0.6) is 0 Å². The highest BCUT2D eigenvalue weighted by atomic mass is 127. The molecule has 0 heterocycles. The summed E-state index contributed by atoms with van der Waals surface area (Å²) >= 11 is 1.25. The minimum Gasteiger partial charge on any atom is -0.230 e. The van der Waals surface area contributed by atoms with Crippen LogP contribution in [0.2, 0.25) is 0 Å². The van der Waals surface area contributed by atoms with Crippen molar-refractivity contribution in [2.24, 2.45) is 0 Å². The van der Waals surface area contributed by atoms with Gasteiger partial charge in [-0.2, -0.15) is 43.9 Å². The molecule has 0 radical (unpaired) electrons. The molecule has 0 aliphatic heterocycles. The van der Waals surface area contributed by atoms with Gasteiger partial charge < -0.3 is 0 Å². The molecule has 186 valence electrons. The van der Waals surface area contributed by atoms with Crippen molar-refractivity contribution < 1.29 is 48.3 Å². The van der Waals surface area contributed by atoms with Crippen molar-refractivity contribution in [1.82, 2.24) is 0 Å². The smallest absolute Gasteiger partial charge is 0.230 e. The van der Waals surface area contributed by atoms with Gasteiger partial charge in [0, 0.05) is 9.84 Å². The van der Waals surface area contributed by atoms with Crippen LogP contribution in [0.15, 0.2) is 0 Å². The molecule has 0 nitrogen and oxygen atoms in total. The first-order chi connectivity index (χ1) is 13.8. The summed E-state index contributed by atoms with van der Waals surface area (Å²) in [5.74, 6) is -34.7. The molecular formula is C19H26F11I. The molecule has 1 unspecified atom stereocenters. The second-order valence-corrected chi connectivity index (χ2v) is 11.1.